The van der Waals surface area contributed by atoms with Crippen LogP contribution in [0, 0.1) is 5.82 Å². The van der Waals surface area contributed by atoms with Gasteiger partial charge in [-0.25, -0.2) is 4.39 Å². The molecule has 1 aliphatic rings. The molecule has 0 bridgehead atoms. The van der Waals surface area contributed by atoms with Gasteiger partial charge in [-0.15, -0.1) is 0 Å². The van der Waals surface area contributed by atoms with Crippen LogP contribution in [0.4, 0.5) is 17.6 Å². The van der Waals surface area contributed by atoms with E-state index >= 15 is 0 Å². The molecular weight excluding hydrogens is 364 g/mol. The summed E-state index contributed by atoms with van der Waals surface area (Å²) in [5, 5.41) is 0. The van der Waals surface area contributed by atoms with Crippen LogP contribution in [-0.2, 0) is 22.3 Å². The smallest absolute Gasteiger partial charge is 0.374 e. The van der Waals surface area contributed by atoms with Crippen molar-refractivity contribution in [2.45, 2.75) is 39.6 Å². The average molecular weight is 386 g/mol. The molecule has 4 nitrogen and oxygen atoms in total. The van der Waals surface area contributed by atoms with Gasteiger partial charge in [0.1, 0.15) is 11.9 Å². The number of nitrogens with zero attached hydrogens (tertiary/aromatic N) is 2. The van der Waals surface area contributed by atoms with E-state index in [4.69, 9.17) is 4.74 Å². The number of Topliss-reactive ketones (excluding diaryl/α,β-unsaturated/α-hetero) is 1. The molecule has 1 aliphatic heterocycles. The Morgan fingerprint density at radius 2 is 1.96 bits per heavy atom. The van der Waals surface area contributed by atoms with Gasteiger partial charge in [-0.1, -0.05) is 6.07 Å². The number of rotatable bonds is 5. The Bertz CT molecular complexity index is 780. The fourth-order valence-corrected chi connectivity index (χ4v) is 2.96. The van der Waals surface area contributed by atoms with E-state index in [2.05, 4.69) is 4.99 Å². The summed E-state index contributed by atoms with van der Waals surface area (Å²) in [6.45, 7) is 5.66. The van der Waals surface area contributed by atoms with E-state index in [1.54, 1.807) is 18.7 Å². The highest BCUT2D eigenvalue weighted by Gasteiger charge is 2.32. The number of ether oxygens (including phenoxy) is 1. The lowest BCUT2D eigenvalue weighted by Gasteiger charge is -2.33. The number of aliphatic imine (C=N–C) groups is 1. The Kier molecular flexibility index (Phi) is 6.54. The van der Waals surface area contributed by atoms with Gasteiger partial charge in [0.2, 0.25) is 0 Å². The van der Waals surface area contributed by atoms with Crippen LogP contribution in [0.25, 0.3) is 0 Å². The van der Waals surface area contributed by atoms with Crippen LogP contribution in [0.5, 0.6) is 0 Å². The van der Waals surface area contributed by atoms with E-state index < -0.39 is 23.7 Å². The lowest BCUT2D eigenvalue weighted by molar-refractivity contribution is -0.137. The second-order valence-corrected chi connectivity index (χ2v) is 6.68. The monoisotopic (exact) mass is 386 g/mol. The maximum Gasteiger partial charge on any atom is 0.416 e. The van der Waals surface area contributed by atoms with Crippen LogP contribution in [0.3, 0.4) is 0 Å². The normalized spacial score (nSPS) is 18.6. The molecule has 148 valence electrons. The zero-order chi connectivity index (χ0) is 20.4. The SMILES string of the molecule is COC1CN(Cc2ccc(C(F)(F)F)cc2F)CC(C(C)=O)=C1N=C(C)C. The molecule has 0 amide bonds. The summed E-state index contributed by atoms with van der Waals surface area (Å²) in [7, 11) is 1.49. The van der Waals surface area contributed by atoms with Gasteiger partial charge in [0, 0.05) is 43.6 Å². The van der Waals surface area contributed by atoms with E-state index in [1.807, 2.05) is 0 Å². The van der Waals surface area contributed by atoms with Crippen molar-refractivity contribution >= 4 is 11.5 Å². The van der Waals surface area contributed by atoms with Crippen molar-refractivity contribution in [3.8, 4) is 0 Å². The van der Waals surface area contributed by atoms with E-state index in [0.29, 0.717) is 23.9 Å². The van der Waals surface area contributed by atoms with Gasteiger partial charge in [-0.3, -0.25) is 14.7 Å². The number of halogens is 4. The summed E-state index contributed by atoms with van der Waals surface area (Å²) in [5.41, 5.74) is 0.875. The van der Waals surface area contributed by atoms with Gasteiger partial charge < -0.3 is 4.74 Å². The van der Waals surface area contributed by atoms with Gasteiger partial charge in [-0.05, 0) is 32.9 Å². The summed E-state index contributed by atoms with van der Waals surface area (Å²) in [5.74, 6) is -1.10. The number of ketones is 1. The fourth-order valence-electron chi connectivity index (χ4n) is 2.96. The summed E-state index contributed by atoms with van der Waals surface area (Å²) in [6, 6.07) is 2.47. The number of alkyl halides is 3. The molecule has 1 aromatic carbocycles. The number of carbonyl (C=O) groups excluding carboxylic acids is 1. The van der Waals surface area contributed by atoms with Crippen molar-refractivity contribution in [2.75, 3.05) is 20.2 Å². The number of hydrogen-bond donors (Lipinski definition) is 0. The van der Waals surface area contributed by atoms with Gasteiger partial charge in [0.25, 0.3) is 0 Å². The van der Waals surface area contributed by atoms with Crippen molar-refractivity contribution in [1.29, 1.82) is 0 Å². The first-order valence-electron chi connectivity index (χ1n) is 8.39. The molecule has 0 radical (unpaired) electrons. The zero-order valence-corrected chi connectivity index (χ0v) is 15.7. The summed E-state index contributed by atoms with van der Waals surface area (Å²) >= 11 is 0. The highest BCUT2D eigenvalue weighted by Crippen LogP contribution is 2.31. The average Bonchev–Trinajstić information content (AvgIpc) is 2.55. The van der Waals surface area contributed by atoms with E-state index in [-0.39, 0.29) is 24.4 Å². The summed E-state index contributed by atoms with van der Waals surface area (Å²) in [4.78, 5) is 18.2. The van der Waals surface area contributed by atoms with Crippen molar-refractivity contribution in [1.82, 2.24) is 4.90 Å². The number of benzene rings is 1. The molecule has 1 unspecified atom stereocenters. The summed E-state index contributed by atoms with van der Waals surface area (Å²) < 4.78 is 57.7. The van der Waals surface area contributed by atoms with Crippen LogP contribution in [0.2, 0.25) is 0 Å². The number of carbonyl (C=O) groups is 1. The Balaban J connectivity index is 2.30. The third-order valence-electron chi connectivity index (χ3n) is 4.25. The van der Waals surface area contributed by atoms with Gasteiger partial charge in [0.05, 0.1) is 11.3 Å². The molecule has 0 aliphatic carbocycles. The van der Waals surface area contributed by atoms with E-state index in [1.165, 1.54) is 14.0 Å². The van der Waals surface area contributed by atoms with Crippen molar-refractivity contribution in [3.05, 3.63) is 46.4 Å². The molecule has 0 spiro atoms. The molecule has 0 N–H and O–H groups in total. The third kappa shape index (κ3) is 5.23. The first-order chi connectivity index (χ1) is 12.5. The van der Waals surface area contributed by atoms with Crippen LogP contribution >= 0.6 is 0 Å². The molecule has 8 heteroatoms. The van der Waals surface area contributed by atoms with E-state index in [9.17, 15) is 22.4 Å². The standard InChI is InChI=1S/C19H22F4N2O2/c1-11(2)24-18-15(12(3)26)9-25(10-17(18)27-4)8-13-5-6-14(7-16(13)20)19(21,22)23/h5-7,17H,8-10H2,1-4H3. The molecule has 2 rings (SSSR count). The first kappa shape index (κ1) is 21.2. The highest BCUT2D eigenvalue weighted by atomic mass is 19.4. The maximum atomic E-state index is 14.2. The van der Waals surface area contributed by atoms with Crippen LogP contribution in [-0.4, -0.2) is 42.7 Å². The minimum atomic E-state index is -4.60. The first-order valence-corrected chi connectivity index (χ1v) is 8.39. The molecule has 1 heterocycles. The Hall–Kier alpha value is -2.06. The third-order valence-corrected chi connectivity index (χ3v) is 4.25. The predicted molar refractivity (Wildman–Crippen MR) is 94.0 cm³/mol. The van der Waals surface area contributed by atoms with Crippen molar-refractivity contribution in [3.63, 3.8) is 0 Å². The minimum Gasteiger partial charge on any atom is -0.374 e. The molecule has 1 atom stereocenters. The molecule has 0 fully saturated rings. The lowest BCUT2D eigenvalue weighted by Crippen LogP contribution is -2.42. The van der Waals surface area contributed by atoms with Crippen molar-refractivity contribution < 1.29 is 27.1 Å². The van der Waals surface area contributed by atoms with Gasteiger partial charge >= 0.3 is 6.18 Å². The number of methoxy groups -OCH3 is 1. The molecule has 1 aromatic rings. The van der Waals surface area contributed by atoms with Gasteiger partial charge in [-0.2, -0.15) is 13.2 Å². The summed E-state index contributed by atoms with van der Waals surface area (Å²) in [6.07, 6.45) is -5.08. The molecule has 0 saturated heterocycles. The highest BCUT2D eigenvalue weighted by molar-refractivity contribution is 5.95. The Morgan fingerprint density at radius 1 is 1.30 bits per heavy atom. The van der Waals surface area contributed by atoms with Gasteiger partial charge in [0.15, 0.2) is 5.78 Å². The maximum absolute atomic E-state index is 14.2. The molecular formula is C19H22F4N2O2. The lowest BCUT2D eigenvalue weighted by atomic mass is 9.99. The molecule has 27 heavy (non-hydrogen) atoms. The van der Waals surface area contributed by atoms with Crippen LogP contribution in [0.1, 0.15) is 31.9 Å². The fraction of sp³-hybridized carbons (Fsp3) is 0.474. The quantitative estimate of drug-likeness (QED) is 0.568. The Labute approximate surface area is 155 Å². The second kappa shape index (κ2) is 8.31. The predicted octanol–water partition coefficient (Wildman–Crippen LogP) is 4.00. The Morgan fingerprint density at radius 3 is 2.44 bits per heavy atom. The topological polar surface area (TPSA) is 41.9 Å². The van der Waals surface area contributed by atoms with Crippen LogP contribution in [0.15, 0.2) is 34.5 Å². The second-order valence-electron chi connectivity index (χ2n) is 6.68. The largest absolute Gasteiger partial charge is 0.416 e. The van der Waals surface area contributed by atoms with Crippen molar-refractivity contribution in [2.24, 2.45) is 4.99 Å². The minimum absolute atomic E-state index is 0.0582. The molecule has 0 saturated carbocycles. The zero-order valence-electron chi connectivity index (χ0n) is 15.7. The number of hydrogen-bond acceptors (Lipinski definition) is 4. The molecule has 0 aromatic heterocycles. The van der Waals surface area contributed by atoms with E-state index in [0.717, 1.165) is 17.8 Å². The van der Waals surface area contributed by atoms with Crippen LogP contribution < -0.4 is 0 Å².